The van der Waals surface area contributed by atoms with Crippen molar-refractivity contribution in [3.05, 3.63) is 28.7 Å². The van der Waals surface area contributed by atoms with Crippen LogP contribution < -0.4 is 16.0 Å². The summed E-state index contributed by atoms with van der Waals surface area (Å²) >= 11 is 4.12. The van der Waals surface area contributed by atoms with Crippen LogP contribution >= 0.6 is 34.4 Å². The van der Waals surface area contributed by atoms with E-state index >= 15 is 0 Å². The normalized spacial score (nSPS) is 16.2. The number of rotatable bonds is 9. The highest BCUT2D eigenvalue weighted by Crippen LogP contribution is 2.45. The van der Waals surface area contributed by atoms with E-state index in [9.17, 15) is 9.59 Å². The number of anilines is 2. The van der Waals surface area contributed by atoms with E-state index < -0.39 is 5.97 Å². The molecule has 0 spiro atoms. The summed E-state index contributed by atoms with van der Waals surface area (Å²) < 4.78 is 6.03. The Hall–Kier alpha value is -1.95. The molecule has 0 saturated carbocycles. The highest BCUT2D eigenvalue weighted by molar-refractivity contribution is 8.01. The van der Waals surface area contributed by atoms with Crippen LogP contribution in [-0.2, 0) is 21.5 Å². The molecule has 0 aliphatic carbocycles. The predicted molar refractivity (Wildman–Crippen MR) is 132 cm³/mol. The SMILES string of the molecule is C=CCNc1nnc(SCC(=O)Nc2sc3c(c2C(=O)OCC)CC(C)(C)NC3(C)C)s1. The van der Waals surface area contributed by atoms with Crippen molar-refractivity contribution in [2.45, 2.75) is 56.5 Å². The Bertz CT molecular complexity index is 1010. The lowest BCUT2D eigenvalue weighted by molar-refractivity contribution is -0.113. The van der Waals surface area contributed by atoms with E-state index in [1.807, 2.05) is 0 Å². The van der Waals surface area contributed by atoms with Gasteiger partial charge in [0.15, 0.2) is 4.34 Å². The van der Waals surface area contributed by atoms with E-state index in [-0.39, 0.29) is 29.3 Å². The van der Waals surface area contributed by atoms with Crippen LogP contribution in [-0.4, -0.2) is 46.5 Å². The maximum atomic E-state index is 12.8. The molecule has 0 bridgehead atoms. The number of amides is 1. The first-order valence-corrected chi connectivity index (χ1v) is 12.9. The lowest BCUT2D eigenvalue weighted by Crippen LogP contribution is -2.55. The number of ether oxygens (including phenoxy) is 1. The van der Waals surface area contributed by atoms with Crippen LogP contribution in [0.4, 0.5) is 10.1 Å². The Morgan fingerprint density at radius 1 is 1.28 bits per heavy atom. The first kappa shape index (κ1) is 24.7. The van der Waals surface area contributed by atoms with Gasteiger partial charge in [0.2, 0.25) is 11.0 Å². The van der Waals surface area contributed by atoms with Crippen molar-refractivity contribution in [1.82, 2.24) is 15.5 Å². The van der Waals surface area contributed by atoms with Gasteiger partial charge in [-0.25, -0.2) is 4.79 Å². The topological polar surface area (TPSA) is 105 Å². The Kier molecular flexibility index (Phi) is 7.64. The molecule has 1 aliphatic rings. The smallest absolute Gasteiger partial charge is 0.341 e. The van der Waals surface area contributed by atoms with Crippen molar-refractivity contribution in [2.24, 2.45) is 0 Å². The van der Waals surface area contributed by atoms with Gasteiger partial charge >= 0.3 is 5.97 Å². The summed E-state index contributed by atoms with van der Waals surface area (Å²) in [6, 6.07) is 0. The van der Waals surface area contributed by atoms with Crippen molar-refractivity contribution in [3.63, 3.8) is 0 Å². The van der Waals surface area contributed by atoms with Crippen molar-refractivity contribution in [1.29, 1.82) is 0 Å². The molecule has 0 radical (unpaired) electrons. The Morgan fingerprint density at radius 3 is 2.72 bits per heavy atom. The second-order valence-corrected chi connectivity index (χ2v) is 11.7. The molecule has 3 heterocycles. The summed E-state index contributed by atoms with van der Waals surface area (Å²) in [6.45, 7) is 14.7. The number of hydrogen-bond acceptors (Lipinski definition) is 10. The molecule has 32 heavy (non-hydrogen) atoms. The summed E-state index contributed by atoms with van der Waals surface area (Å²) in [4.78, 5) is 26.6. The molecule has 2 aromatic heterocycles. The standard InChI is InChI=1S/C21H29N5O3S3/c1-7-9-22-18-24-25-19(32-18)30-11-13(27)23-16-14(17(28)29-8-2)12-10-20(3,4)26-21(5,6)15(12)31-16/h7,26H,1,8-11H2,2-6H3,(H,22,24)(H,23,27). The van der Waals surface area contributed by atoms with Gasteiger partial charge in [-0.2, -0.15) is 0 Å². The zero-order valence-corrected chi connectivity index (χ0v) is 21.4. The fourth-order valence-electron chi connectivity index (χ4n) is 3.82. The summed E-state index contributed by atoms with van der Waals surface area (Å²) in [5.41, 5.74) is 0.902. The van der Waals surface area contributed by atoms with E-state index in [1.54, 1.807) is 13.0 Å². The van der Waals surface area contributed by atoms with E-state index in [0.29, 0.717) is 33.0 Å². The molecular formula is C21H29N5O3S3. The van der Waals surface area contributed by atoms with Gasteiger partial charge in [-0.15, -0.1) is 28.1 Å². The van der Waals surface area contributed by atoms with Gasteiger partial charge in [0.25, 0.3) is 0 Å². The molecule has 0 saturated heterocycles. The summed E-state index contributed by atoms with van der Waals surface area (Å²) in [5, 5.41) is 19.0. The molecule has 0 unspecified atom stereocenters. The number of hydrogen-bond donors (Lipinski definition) is 3. The molecule has 3 N–H and O–H groups in total. The van der Waals surface area contributed by atoms with Gasteiger partial charge in [0.05, 0.1) is 17.9 Å². The average molecular weight is 496 g/mol. The number of thioether (sulfide) groups is 1. The Labute approximate surface area is 200 Å². The number of fused-ring (bicyclic) bond motifs is 1. The monoisotopic (exact) mass is 495 g/mol. The van der Waals surface area contributed by atoms with Gasteiger partial charge in [0.1, 0.15) is 5.00 Å². The van der Waals surface area contributed by atoms with Crippen molar-refractivity contribution >= 4 is 56.4 Å². The van der Waals surface area contributed by atoms with Gasteiger partial charge in [-0.05, 0) is 46.6 Å². The molecule has 0 atom stereocenters. The molecule has 1 aliphatic heterocycles. The number of carbonyl (C=O) groups is 2. The molecule has 174 valence electrons. The van der Waals surface area contributed by atoms with Gasteiger partial charge in [-0.3, -0.25) is 4.79 Å². The number of esters is 1. The van der Waals surface area contributed by atoms with Crippen LogP contribution in [0.1, 0.15) is 55.4 Å². The maximum absolute atomic E-state index is 12.8. The first-order chi connectivity index (χ1) is 15.1. The van der Waals surface area contributed by atoms with Crippen LogP contribution in [0.15, 0.2) is 17.0 Å². The molecular weight excluding hydrogens is 466 g/mol. The highest BCUT2D eigenvalue weighted by Gasteiger charge is 2.42. The minimum atomic E-state index is -0.400. The number of thiophene rings is 1. The molecule has 11 heteroatoms. The van der Waals surface area contributed by atoms with Crippen molar-refractivity contribution in [3.8, 4) is 0 Å². The van der Waals surface area contributed by atoms with E-state index in [4.69, 9.17) is 4.74 Å². The average Bonchev–Trinajstić information content (AvgIpc) is 3.28. The van der Waals surface area contributed by atoms with E-state index in [1.165, 1.54) is 34.4 Å². The fourth-order valence-corrected chi connectivity index (χ4v) is 6.66. The van der Waals surface area contributed by atoms with Gasteiger partial charge < -0.3 is 20.7 Å². The lowest BCUT2D eigenvalue weighted by atomic mass is 9.81. The molecule has 1 amide bonds. The van der Waals surface area contributed by atoms with Crippen molar-refractivity contribution < 1.29 is 14.3 Å². The molecule has 8 nitrogen and oxygen atoms in total. The summed E-state index contributed by atoms with van der Waals surface area (Å²) in [5.74, 6) is -0.447. The number of nitrogens with one attached hydrogen (secondary N) is 3. The van der Waals surface area contributed by atoms with Crippen LogP contribution in [0.3, 0.4) is 0 Å². The molecule has 0 fully saturated rings. The fraction of sp³-hybridized carbons (Fsp3) is 0.524. The zero-order chi connectivity index (χ0) is 23.5. The molecule has 2 aromatic rings. The third-order valence-corrected chi connectivity index (χ3v) is 8.19. The lowest BCUT2D eigenvalue weighted by Gasteiger charge is -2.42. The Morgan fingerprint density at radius 2 is 2.03 bits per heavy atom. The predicted octanol–water partition coefficient (Wildman–Crippen LogP) is 4.26. The van der Waals surface area contributed by atoms with Crippen LogP contribution in [0, 0.1) is 0 Å². The van der Waals surface area contributed by atoms with E-state index in [2.05, 4.69) is 60.4 Å². The maximum Gasteiger partial charge on any atom is 0.341 e. The summed E-state index contributed by atoms with van der Waals surface area (Å²) in [6.07, 6.45) is 2.41. The minimum absolute atomic E-state index is 0.161. The third-order valence-electron chi connectivity index (χ3n) is 4.71. The highest BCUT2D eigenvalue weighted by atomic mass is 32.2. The van der Waals surface area contributed by atoms with E-state index in [0.717, 1.165) is 10.4 Å². The van der Waals surface area contributed by atoms with Crippen LogP contribution in [0.2, 0.25) is 0 Å². The number of aromatic nitrogens is 2. The van der Waals surface area contributed by atoms with Crippen LogP contribution in [0.25, 0.3) is 0 Å². The third kappa shape index (κ3) is 5.69. The van der Waals surface area contributed by atoms with Crippen LogP contribution in [0.5, 0.6) is 0 Å². The first-order valence-electron chi connectivity index (χ1n) is 10.3. The van der Waals surface area contributed by atoms with Gasteiger partial charge in [-0.1, -0.05) is 29.2 Å². The van der Waals surface area contributed by atoms with Crippen molar-refractivity contribution in [2.75, 3.05) is 29.5 Å². The quantitative estimate of drug-likeness (QED) is 0.269. The second-order valence-electron chi connectivity index (χ2n) is 8.52. The second kappa shape index (κ2) is 9.90. The number of carbonyl (C=O) groups excluding carboxylic acids is 2. The largest absolute Gasteiger partial charge is 0.462 e. The summed E-state index contributed by atoms with van der Waals surface area (Å²) in [7, 11) is 0. The molecule has 0 aromatic carbocycles. The minimum Gasteiger partial charge on any atom is -0.462 e. The Balaban J connectivity index is 1.79. The van der Waals surface area contributed by atoms with Gasteiger partial charge in [0, 0.05) is 22.5 Å². The molecule has 3 rings (SSSR count). The zero-order valence-electron chi connectivity index (χ0n) is 19.0. The number of nitrogens with zero attached hydrogens (tertiary/aromatic N) is 2.